The molecule has 4 aromatic rings. The van der Waals surface area contributed by atoms with Gasteiger partial charge >= 0.3 is 0 Å². The van der Waals surface area contributed by atoms with Gasteiger partial charge in [-0.1, -0.05) is 60.7 Å². The van der Waals surface area contributed by atoms with Crippen LogP contribution < -0.4 is 4.74 Å². The normalized spacial score (nSPS) is 13.5. The molecule has 5 heteroatoms. The van der Waals surface area contributed by atoms with Gasteiger partial charge in [0.05, 0.1) is 5.56 Å². The highest BCUT2D eigenvalue weighted by atomic mass is 32.1. The molecule has 0 fully saturated rings. The van der Waals surface area contributed by atoms with Crippen LogP contribution in [0.1, 0.15) is 32.7 Å². The van der Waals surface area contributed by atoms with Gasteiger partial charge in [-0.25, -0.2) is 4.99 Å². The maximum atomic E-state index is 9.80. The van der Waals surface area contributed by atoms with E-state index in [0.29, 0.717) is 6.61 Å². The van der Waals surface area contributed by atoms with Crippen molar-refractivity contribution < 1.29 is 4.74 Å². The van der Waals surface area contributed by atoms with Gasteiger partial charge < -0.3 is 4.74 Å². The van der Waals surface area contributed by atoms with Crippen LogP contribution in [0.4, 0.5) is 5.00 Å². The Hall–Kier alpha value is -3.72. The second kappa shape index (κ2) is 10.5. The van der Waals surface area contributed by atoms with E-state index in [1.807, 2.05) is 54.7 Å². The summed E-state index contributed by atoms with van der Waals surface area (Å²) in [5.41, 5.74) is 5.35. The number of ether oxygens (including phenoxy) is 1. The molecule has 0 spiro atoms. The number of nitriles is 1. The van der Waals surface area contributed by atoms with E-state index >= 15 is 0 Å². The van der Waals surface area contributed by atoms with Gasteiger partial charge in [0.25, 0.3) is 0 Å². The minimum absolute atomic E-state index is 0.543. The molecule has 0 bridgehead atoms. The first-order valence-electron chi connectivity index (χ1n) is 11.4. The van der Waals surface area contributed by atoms with Crippen LogP contribution in [0.5, 0.6) is 5.75 Å². The average Bonchev–Trinajstić information content (AvgIpc) is 3.24. The van der Waals surface area contributed by atoms with Crippen molar-refractivity contribution in [3.8, 4) is 11.8 Å². The zero-order chi connectivity index (χ0) is 23.2. The van der Waals surface area contributed by atoms with Gasteiger partial charge in [-0.05, 0) is 52.9 Å². The van der Waals surface area contributed by atoms with E-state index in [2.05, 4.69) is 47.4 Å². The van der Waals surface area contributed by atoms with E-state index in [1.54, 1.807) is 11.3 Å². The van der Waals surface area contributed by atoms with Crippen LogP contribution in [0, 0.1) is 11.3 Å². The van der Waals surface area contributed by atoms with Gasteiger partial charge in [-0.2, -0.15) is 5.26 Å². The second-order valence-electron chi connectivity index (χ2n) is 8.34. The zero-order valence-electron chi connectivity index (χ0n) is 18.9. The van der Waals surface area contributed by atoms with Crippen molar-refractivity contribution in [2.45, 2.75) is 26.1 Å². The number of aliphatic imine (C=N–C) groups is 1. The Morgan fingerprint density at radius 3 is 2.35 bits per heavy atom. The first-order chi connectivity index (χ1) is 16.8. The Labute approximate surface area is 204 Å². The molecule has 0 amide bonds. The molecule has 0 unspecified atom stereocenters. The molecule has 0 radical (unpaired) electrons. The van der Waals surface area contributed by atoms with Crippen molar-refractivity contribution >= 4 is 22.6 Å². The molecular weight excluding hydrogens is 438 g/mol. The molecule has 4 nitrogen and oxygen atoms in total. The van der Waals surface area contributed by atoms with E-state index in [4.69, 9.17) is 9.73 Å². The molecular formula is C29H25N3OS. The third kappa shape index (κ3) is 5.26. The van der Waals surface area contributed by atoms with Crippen molar-refractivity contribution in [3.63, 3.8) is 0 Å². The Morgan fingerprint density at radius 1 is 0.941 bits per heavy atom. The molecule has 2 heterocycles. The molecule has 0 saturated heterocycles. The number of fused-ring (bicyclic) bond motifs is 1. The molecule has 3 aromatic carbocycles. The first-order valence-corrected chi connectivity index (χ1v) is 12.2. The van der Waals surface area contributed by atoms with Gasteiger partial charge in [-0.3, -0.25) is 4.90 Å². The van der Waals surface area contributed by atoms with Gasteiger partial charge in [0, 0.05) is 30.7 Å². The SMILES string of the molecule is N#Cc1c(N=Cc2ccc(OCc3ccccc3)cc2)sc2c1CCN(Cc1ccccc1)C2. The van der Waals surface area contributed by atoms with E-state index in [1.165, 1.54) is 16.0 Å². The van der Waals surface area contributed by atoms with Crippen LogP contribution in [0.3, 0.4) is 0 Å². The van der Waals surface area contributed by atoms with Crippen molar-refractivity contribution in [2.75, 3.05) is 6.54 Å². The lowest BCUT2D eigenvalue weighted by molar-refractivity contribution is 0.249. The van der Waals surface area contributed by atoms with Crippen LogP contribution in [0.25, 0.3) is 0 Å². The Kier molecular flexibility index (Phi) is 6.81. The Balaban J connectivity index is 1.25. The van der Waals surface area contributed by atoms with Crippen molar-refractivity contribution in [2.24, 2.45) is 4.99 Å². The fraction of sp³-hybridized carbons (Fsp3) is 0.172. The zero-order valence-corrected chi connectivity index (χ0v) is 19.7. The molecule has 34 heavy (non-hydrogen) atoms. The van der Waals surface area contributed by atoms with Crippen LogP contribution >= 0.6 is 11.3 Å². The largest absolute Gasteiger partial charge is 0.489 e. The topological polar surface area (TPSA) is 48.6 Å². The highest BCUT2D eigenvalue weighted by molar-refractivity contribution is 7.16. The van der Waals surface area contributed by atoms with Gasteiger partial charge in [-0.15, -0.1) is 11.3 Å². The van der Waals surface area contributed by atoms with Crippen molar-refractivity contribution in [3.05, 3.63) is 118 Å². The summed E-state index contributed by atoms with van der Waals surface area (Å²) in [5, 5.41) is 10.6. The summed E-state index contributed by atoms with van der Waals surface area (Å²) in [4.78, 5) is 8.40. The lowest BCUT2D eigenvalue weighted by Crippen LogP contribution is -2.29. The molecule has 5 rings (SSSR count). The number of rotatable bonds is 7. The number of hydrogen-bond acceptors (Lipinski definition) is 5. The summed E-state index contributed by atoms with van der Waals surface area (Å²) in [6.07, 6.45) is 2.73. The number of thiophene rings is 1. The average molecular weight is 464 g/mol. The van der Waals surface area contributed by atoms with E-state index in [-0.39, 0.29) is 0 Å². The number of hydrogen-bond donors (Lipinski definition) is 0. The fourth-order valence-electron chi connectivity index (χ4n) is 4.15. The van der Waals surface area contributed by atoms with E-state index in [0.717, 1.165) is 53.5 Å². The Bertz CT molecular complexity index is 1310. The summed E-state index contributed by atoms with van der Waals surface area (Å²) in [5.74, 6) is 0.823. The molecule has 0 atom stereocenters. The van der Waals surface area contributed by atoms with Gasteiger partial charge in [0.2, 0.25) is 0 Å². The van der Waals surface area contributed by atoms with E-state index < -0.39 is 0 Å². The summed E-state index contributed by atoms with van der Waals surface area (Å²) < 4.78 is 5.86. The molecule has 0 N–H and O–H groups in total. The number of benzene rings is 3. The quantitative estimate of drug-likeness (QED) is 0.294. The predicted octanol–water partition coefficient (Wildman–Crippen LogP) is 6.51. The third-order valence-corrected chi connectivity index (χ3v) is 7.06. The fourth-order valence-corrected chi connectivity index (χ4v) is 5.33. The maximum absolute atomic E-state index is 9.80. The van der Waals surface area contributed by atoms with Crippen molar-refractivity contribution in [1.29, 1.82) is 5.26 Å². The minimum Gasteiger partial charge on any atom is -0.489 e. The molecule has 1 aliphatic heterocycles. The first kappa shape index (κ1) is 22.1. The van der Waals surface area contributed by atoms with Crippen LogP contribution in [-0.4, -0.2) is 17.7 Å². The third-order valence-electron chi connectivity index (χ3n) is 5.94. The van der Waals surface area contributed by atoms with Gasteiger partial charge in [0.1, 0.15) is 23.4 Å². The molecule has 1 aromatic heterocycles. The standard InChI is InChI=1S/C29H25N3OS/c30-17-27-26-15-16-32(19-23-7-3-1-4-8-23)20-28(26)34-29(27)31-18-22-11-13-25(14-12-22)33-21-24-9-5-2-6-10-24/h1-14,18H,15-16,19-21H2. The van der Waals surface area contributed by atoms with Crippen LogP contribution in [-0.2, 0) is 26.1 Å². The second-order valence-corrected chi connectivity index (χ2v) is 9.43. The summed E-state index contributed by atoms with van der Waals surface area (Å²) in [6, 6.07) is 31.0. The van der Waals surface area contributed by atoms with Crippen molar-refractivity contribution in [1.82, 2.24) is 4.90 Å². The smallest absolute Gasteiger partial charge is 0.134 e. The molecule has 0 aliphatic carbocycles. The molecule has 168 valence electrons. The lowest BCUT2D eigenvalue weighted by Gasteiger charge is -2.26. The minimum atomic E-state index is 0.543. The highest BCUT2D eigenvalue weighted by Crippen LogP contribution is 2.38. The van der Waals surface area contributed by atoms with Crippen LogP contribution in [0.2, 0.25) is 0 Å². The Morgan fingerprint density at radius 2 is 1.65 bits per heavy atom. The monoisotopic (exact) mass is 463 g/mol. The van der Waals surface area contributed by atoms with Crippen LogP contribution in [0.15, 0.2) is 89.9 Å². The summed E-state index contributed by atoms with van der Waals surface area (Å²) in [7, 11) is 0. The predicted molar refractivity (Wildman–Crippen MR) is 138 cm³/mol. The maximum Gasteiger partial charge on any atom is 0.134 e. The summed E-state index contributed by atoms with van der Waals surface area (Å²) >= 11 is 1.64. The summed E-state index contributed by atoms with van der Waals surface area (Å²) in [6.45, 7) is 3.30. The van der Waals surface area contributed by atoms with Gasteiger partial charge in [0.15, 0.2) is 0 Å². The van der Waals surface area contributed by atoms with E-state index in [9.17, 15) is 5.26 Å². The highest BCUT2D eigenvalue weighted by Gasteiger charge is 2.24. The lowest BCUT2D eigenvalue weighted by atomic mass is 10.0. The molecule has 1 aliphatic rings. The number of nitrogens with zero attached hydrogens (tertiary/aromatic N) is 3. The molecule has 0 saturated carbocycles.